The fourth-order valence-corrected chi connectivity index (χ4v) is 6.57. The van der Waals surface area contributed by atoms with Crippen LogP contribution in [0.1, 0.15) is 84.9 Å². The first-order valence-corrected chi connectivity index (χ1v) is 15.7. The van der Waals surface area contributed by atoms with E-state index in [1.165, 1.54) is 10.4 Å². The van der Waals surface area contributed by atoms with Gasteiger partial charge in [-0.15, -0.1) is 21.5 Å². The molecule has 1 aromatic carbocycles. The number of benzene rings is 1. The van der Waals surface area contributed by atoms with Crippen molar-refractivity contribution in [1.82, 2.24) is 19.7 Å². The minimum Gasteiger partial charge on any atom is -0.444 e. The fourth-order valence-electron chi connectivity index (χ4n) is 5.35. The smallest absolute Gasteiger partial charge is 0.410 e. The molecule has 43 heavy (non-hydrogen) atoms. The van der Waals surface area contributed by atoms with Crippen molar-refractivity contribution < 1.29 is 19.0 Å². The summed E-state index contributed by atoms with van der Waals surface area (Å²) in [5.74, 6) is 8.10. The average molecular weight is 604 g/mol. The third-order valence-corrected chi connectivity index (χ3v) is 8.90. The van der Waals surface area contributed by atoms with Crippen LogP contribution < -0.4 is 0 Å². The van der Waals surface area contributed by atoms with Crippen LogP contribution in [0.4, 0.5) is 4.79 Å². The molecule has 1 amide bonds. The molecule has 0 unspecified atom stereocenters. The Hall–Kier alpha value is -3.52. The Morgan fingerprint density at radius 1 is 1.09 bits per heavy atom. The van der Waals surface area contributed by atoms with Crippen LogP contribution in [0.2, 0.25) is 0 Å². The van der Waals surface area contributed by atoms with Crippen LogP contribution in [-0.4, -0.2) is 76.6 Å². The third kappa shape index (κ3) is 7.01. The largest absolute Gasteiger partial charge is 0.444 e. The summed E-state index contributed by atoms with van der Waals surface area (Å²) in [6.07, 6.45) is 2.11. The van der Waals surface area contributed by atoms with E-state index in [9.17, 15) is 4.79 Å². The molecular formula is C33H41N5O4S. The minimum absolute atomic E-state index is 0.0923. The molecule has 3 aromatic rings. The molecule has 228 valence electrons. The van der Waals surface area contributed by atoms with E-state index in [2.05, 4.69) is 52.6 Å². The van der Waals surface area contributed by atoms with E-state index < -0.39 is 5.60 Å². The number of aliphatic imine (C=N–C) groups is 1. The van der Waals surface area contributed by atoms with Crippen LogP contribution in [0.25, 0.3) is 5.00 Å². The summed E-state index contributed by atoms with van der Waals surface area (Å²) in [4.78, 5) is 20.6. The number of carbonyl (C=O) groups excluding carboxylic acids is 1. The average Bonchev–Trinajstić information content (AvgIpc) is 3.44. The lowest BCUT2D eigenvalue weighted by Gasteiger charge is -2.33. The van der Waals surface area contributed by atoms with Gasteiger partial charge in [0.2, 0.25) is 0 Å². The molecule has 1 fully saturated rings. The van der Waals surface area contributed by atoms with Crippen molar-refractivity contribution in [2.24, 2.45) is 4.99 Å². The van der Waals surface area contributed by atoms with E-state index in [1.807, 2.05) is 39.8 Å². The van der Waals surface area contributed by atoms with Crippen LogP contribution in [-0.2, 0) is 14.2 Å². The topological polar surface area (TPSA) is 91.1 Å². The lowest BCUT2D eigenvalue weighted by atomic mass is 9.98. The Morgan fingerprint density at radius 2 is 1.81 bits per heavy atom. The molecule has 9 nitrogen and oxygen atoms in total. The van der Waals surface area contributed by atoms with Gasteiger partial charge in [-0.1, -0.05) is 24.0 Å². The van der Waals surface area contributed by atoms with Crippen molar-refractivity contribution in [3.63, 3.8) is 0 Å². The summed E-state index contributed by atoms with van der Waals surface area (Å²) in [5, 5.41) is 10.0. The van der Waals surface area contributed by atoms with Crippen molar-refractivity contribution in [3.8, 4) is 16.8 Å². The summed E-state index contributed by atoms with van der Waals surface area (Å²) in [7, 11) is 1.71. The molecule has 1 saturated heterocycles. The van der Waals surface area contributed by atoms with Gasteiger partial charge in [0.15, 0.2) is 5.82 Å². The zero-order valence-electron chi connectivity index (χ0n) is 26.2. The standard InChI is InChI=1S/C33H41N5O4S/c1-21-22(2)43-31-28(21)29(34-27(16-20-40-7)30-36-35-23(3)38(30)31)25-12-10-24(11-13-25)9-8-19-41-26-14-17-37(18-15-26)32(39)42-33(4,5)6/h10-13,26-27H,14-20H2,1-7H3/t27-/m0/s1. The number of fused-ring (bicyclic) bond motifs is 3. The molecule has 0 bridgehead atoms. The van der Waals surface area contributed by atoms with Gasteiger partial charge < -0.3 is 19.1 Å². The number of piperidine rings is 1. The van der Waals surface area contributed by atoms with Crippen LogP contribution in [0, 0.1) is 32.6 Å². The summed E-state index contributed by atoms with van der Waals surface area (Å²) in [6, 6.07) is 8.11. The van der Waals surface area contributed by atoms with Gasteiger partial charge in [-0.3, -0.25) is 9.56 Å². The van der Waals surface area contributed by atoms with Crippen LogP contribution in [0.3, 0.4) is 0 Å². The molecule has 2 aliphatic rings. The van der Waals surface area contributed by atoms with Crippen LogP contribution in [0.5, 0.6) is 0 Å². The first-order chi connectivity index (χ1) is 20.6. The SMILES string of the molecule is COCC[C@@H]1N=C(c2ccc(C#CCOC3CCN(C(=O)OC(C)(C)C)CC3)cc2)c2c(sc(C)c2C)-n2c(C)nnc21. The number of aryl methyl sites for hydroxylation is 2. The van der Waals surface area contributed by atoms with Crippen molar-refractivity contribution >= 4 is 23.1 Å². The predicted octanol–water partition coefficient (Wildman–Crippen LogP) is 5.95. The number of carbonyl (C=O) groups is 1. The van der Waals surface area contributed by atoms with Gasteiger partial charge in [0, 0.05) is 54.8 Å². The zero-order valence-corrected chi connectivity index (χ0v) is 27.0. The molecule has 4 heterocycles. The molecule has 2 aromatic heterocycles. The predicted molar refractivity (Wildman–Crippen MR) is 168 cm³/mol. The van der Waals surface area contributed by atoms with Crippen molar-refractivity contribution in [2.45, 2.75) is 78.6 Å². The lowest BCUT2D eigenvalue weighted by Crippen LogP contribution is -2.43. The molecule has 0 spiro atoms. The first kappa shape index (κ1) is 30.9. The number of methoxy groups -OCH3 is 1. The third-order valence-electron chi connectivity index (χ3n) is 7.71. The normalized spacial score (nSPS) is 17.0. The summed E-state index contributed by atoms with van der Waals surface area (Å²) in [6.45, 7) is 14.2. The van der Waals surface area contributed by atoms with Crippen molar-refractivity contribution in [1.29, 1.82) is 0 Å². The molecular weight excluding hydrogens is 562 g/mol. The Balaban J connectivity index is 1.27. The molecule has 0 radical (unpaired) electrons. The van der Waals surface area contributed by atoms with Crippen LogP contribution >= 0.6 is 11.3 Å². The highest BCUT2D eigenvalue weighted by Crippen LogP contribution is 2.39. The Labute approximate surface area is 258 Å². The number of rotatable bonds is 6. The molecule has 0 saturated carbocycles. The molecule has 1 atom stereocenters. The van der Waals surface area contributed by atoms with E-state index >= 15 is 0 Å². The number of hydrogen-bond acceptors (Lipinski definition) is 8. The summed E-state index contributed by atoms with van der Waals surface area (Å²) in [5.41, 5.74) is 4.80. The van der Waals surface area contributed by atoms with E-state index in [1.54, 1.807) is 23.3 Å². The van der Waals surface area contributed by atoms with Crippen molar-refractivity contribution in [2.75, 3.05) is 33.4 Å². The molecule has 0 N–H and O–H groups in total. The number of thiophene rings is 1. The molecule has 5 rings (SSSR count). The van der Waals surface area contributed by atoms with E-state index in [0.717, 1.165) is 51.9 Å². The number of nitrogens with zero attached hydrogens (tertiary/aromatic N) is 5. The minimum atomic E-state index is -0.486. The maximum Gasteiger partial charge on any atom is 0.410 e. The first-order valence-electron chi connectivity index (χ1n) is 14.8. The van der Waals surface area contributed by atoms with E-state index in [-0.39, 0.29) is 18.2 Å². The van der Waals surface area contributed by atoms with Gasteiger partial charge in [-0.25, -0.2) is 4.79 Å². The number of ether oxygens (including phenoxy) is 3. The van der Waals surface area contributed by atoms with Gasteiger partial charge in [-0.2, -0.15) is 0 Å². The van der Waals surface area contributed by atoms with Gasteiger partial charge in [0.25, 0.3) is 0 Å². The number of aromatic nitrogens is 3. The highest BCUT2D eigenvalue weighted by molar-refractivity contribution is 7.15. The zero-order chi connectivity index (χ0) is 30.7. The quantitative estimate of drug-likeness (QED) is 0.324. The molecule has 10 heteroatoms. The Morgan fingerprint density at radius 3 is 2.49 bits per heavy atom. The van der Waals surface area contributed by atoms with E-state index in [0.29, 0.717) is 32.7 Å². The lowest BCUT2D eigenvalue weighted by molar-refractivity contribution is -0.00375. The highest BCUT2D eigenvalue weighted by atomic mass is 32.1. The van der Waals surface area contributed by atoms with Gasteiger partial charge >= 0.3 is 6.09 Å². The van der Waals surface area contributed by atoms with Gasteiger partial charge in [0.1, 0.15) is 29.1 Å². The Kier molecular flexibility index (Phi) is 9.35. The number of hydrogen-bond donors (Lipinski definition) is 0. The monoisotopic (exact) mass is 603 g/mol. The summed E-state index contributed by atoms with van der Waals surface area (Å²) < 4.78 is 19.1. The summed E-state index contributed by atoms with van der Waals surface area (Å²) >= 11 is 1.76. The fraction of sp³-hybridized carbons (Fsp3) is 0.515. The molecule has 2 aliphatic heterocycles. The van der Waals surface area contributed by atoms with Gasteiger partial charge in [0.05, 0.1) is 11.8 Å². The number of likely N-dealkylation sites (tertiary alicyclic amines) is 1. The Bertz CT molecular complexity index is 1550. The molecule has 0 aliphatic carbocycles. The second-order valence-corrected chi connectivity index (χ2v) is 13.2. The maximum absolute atomic E-state index is 12.3. The van der Waals surface area contributed by atoms with Crippen molar-refractivity contribution in [3.05, 3.63) is 63.0 Å². The van der Waals surface area contributed by atoms with E-state index in [4.69, 9.17) is 19.2 Å². The van der Waals surface area contributed by atoms with Crippen LogP contribution in [0.15, 0.2) is 29.3 Å². The van der Waals surface area contributed by atoms with Gasteiger partial charge in [-0.05, 0) is 72.1 Å². The second kappa shape index (κ2) is 13.0. The maximum atomic E-state index is 12.3. The number of amides is 1. The second-order valence-electron chi connectivity index (χ2n) is 12.0. The highest BCUT2D eigenvalue weighted by Gasteiger charge is 2.31.